The molecule has 5 rings (SSSR count). The van der Waals surface area contributed by atoms with E-state index in [-0.39, 0.29) is 23.5 Å². The largest absolute Gasteiger partial charge is 0.418 e. The van der Waals surface area contributed by atoms with Crippen molar-refractivity contribution in [2.24, 2.45) is 0 Å². The molecule has 3 heterocycles. The van der Waals surface area contributed by atoms with Crippen molar-refractivity contribution in [3.8, 4) is 11.3 Å². The molecule has 2 aromatic carbocycles. The van der Waals surface area contributed by atoms with Gasteiger partial charge in [-0.3, -0.25) is 9.88 Å². The van der Waals surface area contributed by atoms with Gasteiger partial charge in [0.1, 0.15) is 11.6 Å². The lowest BCUT2D eigenvalue weighted by Gasteiger charge is -2.34. The first-order valence-corrected chi connectivity index (χ1v) is 12.5. The number of hydrogen-bond acceptors (Lipinski definition) is 6. The topological polar surface area (TPSA) is 63.2 Å². The monoisotopic (exact) mass is 561 g/mol. The highest BCUT2D eigenvalue weighted by Crippen LogP contribution is 2.37. The van der Waals surface area contributed by atoms with Gasteiger partial charge in [-0.15, -0.1) is 0 Å². The van der Waals surface area contributed by atoms with Crippen LogP contribution in [0.1, 0.15) is 30.8 Å². The first kappa shape index (κ1) is 27.8. The van der Waals surface area contributed by atoms with Gasteiger partial charge < -0.3 is 10.1 Å². The van der Waals surface area contributed by atoms with E-state index in [2.05, 4.69) is 25.2 Å². The zero-order valence-corrected chi connectivity index (χ0v) is 21.5. The molecule has 0 bridgehead atoms. The summed E-state index contributed by atoms with van der Waals surface area (Å²) in [7, 11) is 0. The SMILES string of the molecule is C[C@@H]1CN(Cc2nc(Nc3ccc(C(F)(F)F)cc3)c3ccc(-c4ncccc4C(F)(F)F)cc3n2)C[C@H](C)O1. The van der Waals surface area contributed by atoms with E-state index in [1.54, 1.807) is 6.07 Å². The van der Waals surface area contributed by atoms with Gasteiger partial charge in [-0.1, -0.05) is 6.07 Å². The summed E-state index contributed by atoms with van der Waals surface area (Å²) in [5, 5.41) is 3.55. The van der Waals surface area contributed by atoms with E-state index in [1.165, 1.54) is 36.5 Å². The molecule has 0 radical (unpaired) electrons. The fourth-order valence-electron chi connectivity index (χ4n) is 4.85. The maximum atomic E-state index is 13.7. The number of alkyl halides is 6. The lowest BCUT2D eigenvalue weighted by Crippen LogP contribution is -2.45. The summed E-state index contributed by atoms with van der Waals surface area (Å²) in [4.78, 5) is 15.4. The lowest BCUT2D eigenvalue weighted by atomic mass is 10.0. The maximum absolute atomic E-state index is 13.7. The van der Waals surface area contributed by atoms with E-state index < -0.39 is 23.5 Å². The van der Waals surface area contributed by atoms with Crippen molar-refractivity contribution in [3.05, 3.63) is 77.7 Å². The number of rotatable bonds is 5. The van der Waals surface area contributed by atoms with Crippen molar-refractivity contribution < 1.29 is 31.1 Å². The van der Waals surface area contributed by atoms with Gasteiger partial charge in [0.15, 0.2) is 0 Å². The maximum Gasteiger partial charge on any atom is 0.418 e. The molecule has 0 saturated carbocycles. The number of nitrogens with one attached hydrogen (secondary N) is 1. The third-order valence-electron chi connectivity index (χ3n) is 6.46. The van der Waals surface area contributed by atoms with Gasteiger partial charge in [0.2, 0.25) is 0 Å². The molecular formula is C28H25F6N5O. The molecule has 4 aromatic rings. The van der Waals surface area contributed by atoms with Crippen LogP contribution in [-0.4, -0.2) is 45.1 Å². The molecule has 6 nitrogen and oxygen atoms in total. The van der Waals surface area contributed by atoms with Gasteiger partial charge in [0.25, 0.3) is 0 Å². The van der Waals surface area contributed by atoms with Gasteiger partial charge in [0, 0.05) is 35.9 Å². The van der Waals surface area contributed by atoms with Crippen LogP contribution >= 0.6 is 0 Å². The van der Waals surface area contributed by atoms with Gasteiger partial charge in [-0.05, 0) is 62.4 Å². The molecule has 2 aromatic heterocycles. The molecule has 1 aliphatic rings. The van der Waals surface area contributed by atoms with Gasteiger partial charge in [-0.2, -0.15) is 26.3 Å². The van der Waals surface area contributed by atoms with Gasteiger partial charge in [-0.25, -0.2) is 9.97 Å². The third kappa shape index (κ3) is 6.18. The molecule has 1 N–H and O–H groups in total. The van der Waals surface area contributed by atoms with Crippen molar-refractivity contribution in [1.82, 2.24) is 19.9 Å². The fraction of sp³-hybridized carbons (Fsp3) is 0.321. The highest BCUT2D eigenvalue weighted by molar-refractivity contribution is 5.93. The van der Waals surface area contributed by atoms with Crippen molar-refractivity contribution >= 4 is 22.4 Å². The van der Waals surface area contributed by atoms with Crippen LogP contribution in [0.2, 0.25) is 0 Å². The molecule has 0 aliphatic carbocycles. The molecular weight excluding hydrogens is 536 g/mol. The highest BCUT2D eigenvalue weighted by atomic mass is 19.4. The average Bonchev–Trinajstić information content (AvgIpc) is 2.87. The minimum Gasteiger partial charge on any atom is -0.373 e. The van der Waals surface area contributed by atoms with Crippen molar-refractivity contribution in [3.63, 3.8) is 0 Å². The number of ether oxygens (including phenoxy) is 1. The zero-order chi connectivity index (χ0) is 28.7. The molecule has 2 atom stereocenters. The van der Waals surface area contributed by atoms with Crippen LogP contribution in [-0.2, 0) is 23.6 Å². The first-order chi connectivity index (χ1) is 18.9. The van der Waals surface area contributed by atoms with Crippen LogP contribution < -0.4 is 5.32 Å². The minimum absolute atomic E-state index is 0.00880. The number of anilines is 2. The zero-order valence-electron chi connectivity index (χ0n) is 21.5. The molecule has 0 amide bonds. The van der Waals surface area contributed by atoms with Crippen LogP contribution in [0.25, 0.3) is 22.2 Å². The summed E-state index contributed by atoms with van der Waals surface area (Å²) in [5.74, 6) is 0.718. The Morgan fingerprint density at radius 3 is 2.25 bits per heavy atom. The summed E-state index contributed by atoms with van der Waals surface area (Å²) in [6.45, 7) is 5.53. The van der Waals surface area contributed by atoms with Crippen LogP contribution in [0.5, 0.6) is 0 Å². The van der Waals surface area contributed by atoms with E-state index in [4.69, 9.17) is 4.74 Å². The summed E-state index contributed by atoms with van der Waals surface area (Å²) >= 11 is 0. The summed E-state index contributed by atoms with van der Waals surface area (Å²) in [6, 6.07) is 11.3. The summed E-state index contributed by atoms with van der Waals surface area (Å²) < 4.78 is 85.9. The molecule has 210 valence electrons. The van der Waals surface area contributed by atoms with Crippen molar-refractivity contribution in [2.45, 2.75) is 45.0 Å². The number of halogens is 6. The quantitative estimate of drug-likeness (QED) is 0.263. The lowest BCUT2D eigenvalue weighted by molar-refractivity contribution is -0.138. The smallest absolute Gasteiger partial charge is 0.373 e. The number of hydrogen-bond donors (Lipinski definition) is 1. The predicted molar refractivity (Wildman–Crippen MR) is 138 cm³/mol. The Balaban J connectivity index is 1.57. The first-order valence-electron chi connectivity index (χ1n) is 12.5. The number of morpholine rings is 1. The Kier molecular flexibility index (Phi) is 7.40. The van der Waals surface area contributed by atoms with E-state index >= 15 is 0 Å². The average molecular weight is 562 g/mol. The standard InChI is InChI=1S/C28H25F6N5O/c1-16-13-39(14-17(2)40-16)15-24-37-23-12-18(25-22(28(32,33)34)4-3-11-35-25)5-10-21(23)26(38-24)36-20-8-6-19(7-9-20)27(29,30)31/h3-12,16-17H,13-15H2,1-2H3,(H,36,37,38)/t16-,17+. The Morgan fingerprint density at radius 1 is 0.900 bits per heavy atom. The molecule has 0 unspecified atom stereocenters. The van der Waals surface area contributed by atoms with E-state index in [0.29, 0.717) is 47.9 Å². The Bertz CT molecular complexity index is 1500. The number of aromatic nitrogens is 3. The second kappa shape index (κ2) is 10.7. The number of pyridine rings is 1. The molecule has 40 heavy (non-hydrogen) atoms. The van der Waals surface area contributed by atoms with Gasteiger partial charge >= 0.3 is 12.4 Å². The van der Waals surface area contributed by atoms with Crippen LogP contribution in [0, 0.1) is 0 Å². The summed E-state index contributed by atoms with van der Waals surface area (Å²) in [5.41, 5.74) is -0.944. The van der Waals surface area contributed by atoms with E-state index in [0.717, 1.165) is 18.2 Å². The fourth-order valence-corrected chi connectivity index (χ4v) is 4.85. The number of nitrogens with zero attached hydrogens (tertiary/aromatic N) is 4. The second-order valence-corrected chi connectivity index (χ2v) is 9.77. The molecule has 0 spiro atoms. The van der Waals surface area contributed by atoms with Crippen LogP contribution in [0.15, 0.2) is 60.8 Å². The van der Waals surface area contributed by atoms with Gasteiger partial charge in [0.05, 0.1) is 41.1 Å². The minimum atomic E-state index is -4.60. The van der Waals surface area contributed by atoms with Crippen molar-refractivity contribution in [2.75, 3.05) is 18.4 Å². The Hall–Kier alpha value is -3.77. The Morgan fingerprint density at radius 2 is 1.60 bits per heavy atom. The van der Waals surface area contributed by atoms with Crippen LogP contribution in [0.4, 0.5) is 37.8 Å². The molecule has 1 fully saturated rings. The highest BCUT2D eigenvalue weighted by Gasteiger charge is 2.34. The van der Waals surface area contributed by atoms with E-state index in [9.17, 15) is 26.3 Å². The normalized spacial score (nSPS) is 18.7. The van der Waals surface area contributed by atoms with E-state index in [1.807, 2.05) is 13.8 Å². The molecule has 1 aliphatic heterocycles. The molecule has 12 heteroatoms. The summed E-state index contributed by atoms with van der Waals surface area (Å²) in [6.07, 6.45) is -7.81. The second-order valence-electron chi connectivity index (χ2n) is 9.77. The van der Waals surface area contributed by atoms with Crippen molar-refractivity contribution in [1.29, 1.82) is 0 Å². The predicted octanol–water partition coefficient (Wildman–Crippen LogP) is 7.08. The van der Waals surface area contributed by atoms with Crippen LogP contribution in [0.3, 0.4) is 0 Å². The molecule has 1 saturated heterocycles. The number of fused-ring (bicyclic) bond motifs is 1. The third-order valence-corrected chi connectivity index (χ3v) is 6.46. The Labute approximate surface area is 226 Å². The number of benzene rings is 2.